The number of nitrogens with zero attached hydrogens (tertiary/aromatic N) is 1. The molecular weight excluding hydrogens is 581 g/mol. The molecule has 1 aromatic carbocycles. The number of nitrogens with one attached hydrogen (secondary N) is 1. The Hall–Kier alpha value is -3.02. The van der Waals surface area contributed by atoms with Crippen LogP contribution >= 0.6 is 0 Å². The highest BCUT2D eigenvalue weighted by atomic mass is 19.1. The van der Waals surface area contributed by atoms with Gasteiger partial charge >= 0.3 is 5.97 Å². The molecule has 0 radical (unpaired) electrons. The fourth-order valence-electron chi connectivity index (χ4n) is 7.57. The number of amides is 2. The van der Waals surface area contributed by atoms with Crippen LogP contribution in [0.25, 0.3) is 11.0 Å². The van der Waals surface area contributed by atoms with Gasteiger partial charge in [0.15, 0.2) is 0 Å². The Morgan fingerprint density at radius 3 is 2.44 bits per heavy atom. The van der Waals surface area contributed by atoms with Crippen LogP contribution in [0.5, 0.6) is 0 Å². The molecule has 2 amide bonds. The maximum absolute atomic E-state index is 14.1. The molecule has 248 valence electrons. The SMILES string of the molecule is COC1CCC([C@H]2CCN(C(=O)C3CCC([C@H](N)CF)CC3)[C@H]2C(=O)Nc2ccc3oc(C(=O)OC[C@@H](C)OC)cc3c2)CC1. The fraction of sp³-hybridized carbons (Fsp3) is 0.676. The van der Waals surface area contributed by atoms with Crippen LogP contribution in [-0.2, 0) is 23.8 Å². The quantitative estimate of drug-likeness (QED) is 0.329. The van der Waals surface area contributed by atoms with Gasteiger partial charge < -0.3 is 34.6 Å². The number of likely N-dealkylation sites (tertiary alicyclic amines) is 1. The molecule has 0 spiro atoms. The van der Waals surface area contributed by atoms with Crippen molar-refractivity contribution in [1.29, 1.82) is 0 Å². The van der Waals surface area contributed by atoms with Crippen LogP contribution in [0.4, 0.5) is 10.1 Å². The van der Waals surface area contributed by atoms with E-state index in [-0.39, 0.29) is 54.1 Å². The number of methoxy groups -OCH3 is 2. The average Bonchev–Trinajstić information content (AvgIpc) is 3.71. The first kappa shape index (κ1) is 33.3. The van der Waals surface area contributed by atoms with Crippen LogP contribution in [0.3, 0.4) is 0 Å². The molecule has 0 unspecified atom stereocenters. The summed E-state index contributed by atoms with van der Waals surface area (Å²) in [4.78, 5) is 42.3. The summed E-state index contributed by atoms with van der Waals surface area (Å²) in [6.45, 7) is 1.90. The smallest absolute Gasteiger partial charge is 0.374 e. The number of furan rings is 1. The molecule has 3 fully saturated rings. The van der Waals surface area contributed by atoms with E-state index in [0.717, 1.165) is 44.9 Å². The molecule has 45 heavy (non-hydrogen) atoms. The van der Waals surface area contributed by atoms with Crippen LogP contribution in [0.2, 0.25) is 0 Å². The number of esters is 1. The molecule has 2 aromatic rings. The Labute approximate surface area is 264 Å². The van der Waals surface area contributed by atoms with Crippen molar-refractivity contribution in [3.63, 3.8) is 0 Å². The number of hydrogen-bond acceptors (Lipinski definition) is 8. The summed E-state index contributed by atoms with van der Waals surface area (Å²) in [6.07, 6.45) is 7.38. The predicted octanol–water partition coefficient (Wildman–Crippen LogP) is 5.09. The van der Waals surface area contributed by atoms with Crippen molar-refractivity contribution in [2.45, 2.75) is 89.0 Å². The van der Waals surface area contributed by atoms with Gasteiger partial charge in [0.1, 0.15) is 24.9 Å². The Kier molecular flexibility index (Phi) is 11.1. The molecule has 2 saturated carbocycles. The van der Waals surface area contributed by atoms with Crippen molar-refractivity contribution in [3.05, 3.63) is 30.0 Å². The van der Waals surface area contributed by atoms with Crippen LogP contribution in [0.1, 0.15) is 75.3 Å². The van der Waals surface area contributed by atoms with E-state index in [0.29, 0.717) is 42.0 Å². The predicted molar refractivity (Wildman–Crippen MR) is 167 cm³/mol. The summed E-state index contributed by atoms with van der Waals surface area (Å²) in [5.74, 6) is -0.416. The van der Waals surface area contributed by atoms with Crippen molar-refractivity contribution in [2.75, 3.05) is 39.4 Å². The Morgan fingerprint density at radius 1 is 1.04 bits per heavy atom. The zero-order valence-electron chi connectivity index (χ0n) is 26.7. The lowest BCUT2D eigenvalue weighted by Gasteiger charge is -2.37. The number of benzene rings is 1. The molecule has 1 aliphatic heterocycles. The molecule has 1 aromatic heterocycles. The maximum atomic E-state index is 14.1. The summed E-state index contributed by atoms with van der Waals surface area (Å²) in [6, 6.07) is 5.74. The van der Waals surface area contributed by atoms with Crippen molar-refractivity contribution in [2.24, 2.45) is 29.4 Å². The molecule has 0 bridgehead atoms. The van der Waals surface area contributed by atoms with Crippen LogP contribution < -0.4 is 11.1 Å². The normalized spacial score (nSPS) is 28.5. The van der Waals surface area contributed by atoms with Gasteiger partial charge in [-0.25, -0.2) is 9.18 Å². The number of hydrogen-bond donors (Lipinski definition) is 2. The number of rotatable bonds is 11. The summed E-state index contributed by atoms with van der Waals surface area (Å²) < 4.78 is 34.8. The first-order valence-corrected chi connectivity index (χ1v) is 16.4. The number of fused-ring (bicyclic) bond motifs is 1. The summed E-state index contributed by atoms with van der Waals surface area (Å²) in [7, 11) is 3.29. The van der Waals surface area contributed by atoms with E-state index in [2.05, 4.69) is 5.32 Å². The molecule has 11 heteroatoms. The lowest BCUT2D eigenvalue weighted by molar-refractivity contribution is -0.142. The van der Waals surface area contributed by atoms with Crippen molar-refractivity contribution in [3.8, 4) is 0 Å². The van der Waals surface area contributed by atoms with Crippen LogP contribution in [0, 0.1) is 23.7 Å². The minimum atomic E-state index is -0.590. The number of alkyl halides is 1. The van der Waals surface area contributed by atoms with E-state index >= 15 is 0 Å². The largest absolute Gasteiger partial charge is 0.457 e. The molecule has 10 nitrogen and oxygen atoms in total. The van der Waals surface area contributed by atoms with Gasteiger partial charge in [-0.2, -0.15) is 0 Å². The second-order valence-corrected chi connectivity index (χ2v) is 13.1. The second-order valence-electron chi connectivity index (χ2n) is 13.1. The minimum absolute atomic E-state index is 0.0201. The third-order valence-corrected chi connectivity index (χ3v) is 10.4. The maximum Gasteiger partial charge on any atom is 0.374 e. The highest BCUT2D eigenvalue weighted by molar-refractivity contribution is 6.00. The highest BCUT2D eigenvalue weighted by Crippen LogP contribution is 2.42. The number of carbonyl (C=O) groups is 3. The van der Waals surface area contributed by atoms with Gasteiger partial charge in [0, 0.05) is 43.8 Å². The third kappa shape index (κ3) is 7.69. The van der Waals surface area contributed by atoms with E-state index < -0.39 is 24.7 Å². The molecule has 3 aliphatic rings. The Bertz CT molecular complexity index is 1320. The topological polar surface area (TPSA) is 133 Å². The first-order valence-electron chi connectivity index (χ1n) is 16.4. The molecule has 4 atom stereocenters. The number of anilines is 1. The number of halogens is 1. The number of nitrogens with two attached hydrogens (primary N) is 1. The molecule has 1 saturated heterocycles. The second kappa shape index (κ2) is 15.0. The summed E-state index contributed by atoms with van der Waals surface area (Å²) >= 11 is 0. The number of ether oxygens (including phenoxy) is 3. The van der Waals surface area contributed by atoms with Crippen molar-refractivity contribution in [1.82, 2.24) is 4.90 Å². The molecule has 2 heterocycles. The van der Waals surface area contributed by atoms with Gasteiger partial charge in [0.25, 0.3) is 0 Å². The molecule has 5 rings (SSSR count). The van der Waals surface area contributed by atoms with E-state index in [1.54, 1.807) is 45.4 Å². The van der Waals surface area contributed by atoms with E-state index in [1.165, 1.54) is 0 Å². The standard InChI is InChI=1S/C34H48FN3O7/c1-20(42-2)19-44-34(41)30-17-24-16-25(10-13-29(24)45-30)37-32(39)31-27(21-8-11-26(43-3)12-9-21)14-15-38(31)33(40)23-6-4-22(5-7-23)28(36)18-35/h10,13,16-17,20-23,26-28,31H,4-9,11-12,14-15,18-19,36H2,1-3H3,(H,37,39)/t20-,21?,22?,23?,26?,27-,28-,31-/m1/s1. The lowest BCUT2D eigenvalue weighted by atomic mass is 9.75. The fourth-order valence-corrected chi connectivity index (χ4v) is 7.57. The van der Waals surface area contributed by atoms with E-state index in [9.17, 15) is 18.8 Å². The van der Waals surface area contributed by atoms with Gasteiger partial charge in [0.05, 0.1) is 12.2 Å². The highest BCUT2D eigenvalue weighted by Gasteiger charge is 2.47. The molecular formula is C34H48FN3O7. The Balaban J connectivity index is 1.31. The molecule has 2 aliphatic carbocycles. The Morgan fingerprint density at radius 2 is 1.78 bits per heavy atom. The molecule has 3 N–H and O–H groups in total. The monoisotopic (exact) mass is 629 g/mol. The first-order chi connectivity index (χ1) is 21.7. The van der Waals surface area contributed by atoms with Gasteiger partial charge in [-0.1, -0.05) is 0 Å². The zero-order chi connectivity index (χ0) is 32.1. The third-order valence-electron chi connectivity index (χ3n) is 10.4. The number of carbonyl (C=O) groups excluding carboxylic acids is 3. The minimum Gasteiger partial charge on any atom is -0.457 e. The van der Waals surface area contributed by atoms with Gasteiger partial charge in [-0.15, -0.1) is 0 Å². The van der Waals surface area contributed by atoms with Crippen molar-refractivity contribution < 1.29 is 37.4 Å². The lowest BCUT2D eigenvalue weighted by Crippen LogP contribution is -2.50. The van der Waals surface area contributed by atoms with E-state index in [4.69, 9.17) is 24.4 Å². The average molecular weight is 630 g/mol. The van der Waals surface area contributed by atoms with Crippen LogP contribution in [0.15, 0.2) is 28.7 Å². The van der Waals surface area contributed by atoms with E-state index in [1.807, 2.05) is 4.90 Å². The van der Waals surface area contributed by atoms with Gasteiger partial charge in [-0.05, 0) is 107 Å². The van der Waals surface area contributed by atoms with Crippen LogP contribution in [-0.4, -0.2) is 81.0 Å². The zero-order valence-corrected chi connectivity index (χ0v) is 26.7. The van der Waals surface area contributed by atoms with Crippen molar-refractivity contribution >= 4 is 34.4 Å². The summed E-state index contributed by atoms with van der Waals surface area (Å²) in [5.41, 5.74) is 7.01. The van der Waals surface area contributed by atoms with Gasteiger partial charge in [-0.3, -0.25) is 9.59 Å². The summed E-state index contributed by atoms with van der Waals surface area (Å²) in [5, 5.41) is 3.73. The van der Waals surface area contributed by atoms with Gasteiger partial charge in [0.2, 0.25) is 17.6 Å².